The van der Waals surface area contributed by atoms with E-state index in [2.05, 4.69) is 32.4 Å². The number of nitrogens with one attached hydrogen (secondary N) is 2. The molecule has 1 aliphatic heterocycles. The van der Waals surface area contributed by atoms with Crippen molar-refractivity contribution in [2.45, 2.75) is 0 Å². The molecule has 170 valence electrons. The van der Waals surface area contributed by atoms with Crippen molar-refractivity contribution in [2.24, 2.45) is 0 Å². The van der Waals surface area contributed by atoms with Crippen LogP contribution in [0.25, 0.3) is 33.4 Å². The number of hydrogen-bond acceptors (Lipinski definition) is 5. The number of rotatable bonds is 4. The van der Waals surface area contributed by atoms with E-state index in [0.29, 0.717) is 22.7 Å². The Morgan fingerprint density at radius 3 is 1.65 bits per heavy atom. The summed E-state index contributed by atoms with van der Waals surface area (Å²) in [5.74, 6) is 0. The van der Waals surface area contributed by atoms with Crippen LogP contribution in [-0.4, -0.2) is 26.9 Å². The van der Waals surface area contributed by atoms with Gasteiger partial charge in [0.05, 0.1) is 17.1 Å². The molecule has 0 unspecified atom stereocenters. The maximum atomic E-state index is 7.62. The third kappa shape index (κ3) is 5.78. The Morgan fingerprint density at radius 2 is 1.24 bits per heavy atom. The molecule has 0 radical (unpaired) electrons. The number of nitrogens with zero attached hydrogens (tertiary/aromatic N) is 4. The average Bonchev–Trinajstić information content (AvgIpc) is 3.32. The molecule has 1 aromatic carbocycles. The van der Waals surface area contributed by atoms with E-state index in [1.807, 2.05) is 73.1 Å². The van der Waals surface area contributed by atoms with Crippen LogP contribution < -0.4 is 0 Å². The molecule has 0 atom stereocenters. The first-order valence-corrected chi connectivity index (χ1v) is 10.3. The zero-order chi connectivity index (χ0) is 22.9. The van der Waals surface area contributed by atoms with Crippen LogP contribution in [0.4, 0.5) is 0 Å². The first-order valence-electron chi connectivity index (χ1n) is 10.3. The van der Waals surface area contributed by atoms with E-state index in [1.165, 1.54) is 6.21 Å². The second-order valence-corrected chi connectivity index (χ2v) is 6.96. The van der Waals surface area contributed by atoms with Gasteiger partial charge in [-0.3, -0.25) is 15.0 Å². The topological polar surface area (TPSA) is 100 Å². The van der Waals surface area contributed by atoms with Crippen LogP contribution in [-0.2, 0) is 17.1 Å². The molecule has 1 aliphatic rings. The molecular weight excluding hydrogens is 472 g/mol. The predicted octanol–water partition coefficient (Wildman–Crippen LogP) is 6.17. The molecule has 5 rings (SSSR count). The molecule has 0 amide bonds. The van der Waals surface area contributed by atoms with Crippen molar-refractivity contribution >= 4 is 17.5 Å². The van der Waals surface area contributed by atoms with Crippen molar-refractivity contribution in [3.8, 4) is 22.5 Å². The van der Waals surface area contributed by atoms with Crippen LogP contribution >= 0.6 is 0 Å². The van der Waals surface area contributed by atoms with Crippen molar-refractivity contribution in [2.75, 3.05) is 0 Å². The van der Waals surface area contributed by atoms with Gasteiger partial charge < -0.3 is 16.1 Å². The van der Waals surface area contributed by atoms with Gasteiger partial charge in [0.15, 0.2) is 0 Å². The van der Waals surface area contributed by atoms with Gasteiger partial charge in [-0.05, 0) is 36.4 Å². The van der Waals surface area contributed by atoms with Crippen molar-refractivity contribution in [3.63, 3.8) is 0 Å². The van der Waals surface area contributed by atoms with Crippen LogP contribution in [0.2, 0.25) is 0 Å². The summed E-state index contributed by atoms with van der Waals surface area (Å²) >= 11 is 0. The Bertz CT molecular complexity index is 1240. The maximum Gasteiger partial charge on any atom is 1.00 e. The molecular formula is C27H21CuN6. The zero-order valence-electron chi connectivity index (χ0n) is 18.1. The van der Waals surface area contributed by atoms with Crippen molar-refractivity contribution in [1.82, 2.24) is 15.0 Å². The molecule has 0 aliphatic carbocycles. The monoisotopic (exact) mass is 492 g/mol. The Balaban J connectivity index is 0.000000188. The van der Waals surface area contributed by atoms with E-state index in [1.54, 1.807) is 24.5 Å². The van der Waals surface area contributed by atoms with Gasteiger partial charge in [-0.2, -0.15) is 6.20 Å². The van der Waals surface area contributed by atoms with Crippen molar-refractivity contribution in [1.29, 1.82) is 10.8 Å². The van der Waals surface area contributed by atoms with Crippen molar-refractivity contribution < 1.29 is 17.1 Å². The molecule has 0 spiro atoms. The second kappa shape index (κ2) is 12.2. The fourth-order valence-electron chi connectivity index (χ4n) is 3.31. The molecule has 34 heavy (non-hydrogen) atoms. The SMILES string of the molecule is N=C/C(=C1/[N-]C=CC1=N)c1ccccn1.[Cu+].c1ccc(-c2ccccc2-c2ccccn2)nc1. The van der Waals surface area contributed by atoms with Gasteiger partial charge in [0, 0.05) is 47.2 Å². The Morgan fingerprint density at radius 1 is 0.706 bits per heavy atom. The normalized spacial score (nSPS) is 13.1. The van der Waals surface area contributed by atoms with E-state index in [4.69, 9.17) is 10.8 Å². The largest absolute Gasteiger partial charge is 1.00 e. The summed E-state index contributed by atoms with van der Waals surface area (Å²) in [6.45, 7) is 0. The summed E-state index contributed by atoms with van der Waals surface area (Å²) < 4.78 is 0. The standard InChI is InChI=1S/C16H12N2.C11H9N4.Cu/c1-2-8-14(16-10-4-6-12-18-16)13(7-1)15-9-3-5-11-17-15;12-7-8(10-3-1-2-5-14-10)11-9(13)4-6-15-11;/h1-12H;1-7,12-13H;/q;-1;+1/b;11-8-,12-7?,13-9?;. The van der Waals surface area contributed by atoms with Gasteiger partial charge in [-0.1, -0.05) is 48.5 Å². The van der Waals surface area contributed by atoms with Crippen LogP contribution in [0, 0.1) is 10.8 Å². The minimum absolute atomic E-state index is 0. The van der Waals surface area contributed by atoms with Crippen LogP contribution in [0.5, 0.6) is 0 Å². The summed E-state index contributed by atoms with van der Waals surface area (Å²) in [5.41, 5.74) is 6.22. The third-order valence-electron chi connectivity index (χ3n) is 4.85. The van der Waals surface area contributed by atoms with Crippen LogP contribution in [0.3, 0.4) is 0 Å². The Labute approximate surface area is 209 Å². The molecule has 7 heteroatoms. The molecule has 6 nitrogen and oxygen atoms in total. The number of aromatic nitrogens is 3. The van der Waals surface area contributed by atoms with E-state index < -0.39 is 0 Å². The Hall–Kier alpha value is -4.19. The number of pyridine rings is 3. The quantitative estimate of drug-likeness (QED) is 0.263. The first-order chi connectivity index (χ1) is 16.3. The summed E-state index contributed by atoms with van der Waals surface area (Å²) in [6, 6.07) is 25.5. The fourth-order valence-corrected chi connectivity index (χ4v) is 3.31. The number of hydrogen-bond donors (Lipinski definition) is 2. The van der Waals surface area contributed by atoms with Crippen LogP contribution in [0.1, 0.15) is 5.69 Å². The Kier molecular flexibility index (Phi) is 8.74. The van der Waals surface area contributed by atoms with Gasteiger partial charge >= 0.3 is 17.1 Å². The molecule has 0 fully saturated rings. The molecule has 4 aromatic rings. The number of benzene rings is 1. The molecule has 0 saturated heterocycles. The fraction of sp³-hybridized carbons (Fsp3) is 0. The first kappa shape index (κ1) is 24.5. The van der Waals surface area contributed by atoms with Crippen LogP contribution in [0.15, 0.2) is 115 Å². The van der Waals surface area contributed by atoms with E-state index in [0.717, 1.165) is 22.5 Å². The average molecular weight is 493 g/mol. The van der Waals surface area contributed by atoms with E-state index in [9.17, 15) is 0 Å². The minimum Gasteiger partial charge on any atom is -0.662 e. The minimum atomic E-state index is 0. The maximum absolute atomic E-state index is 7.62. The number of allylic oxidation sites excluding steroid dienone is 2. The van der Waals surface area contributed by atoms with Crippen molar-refractivity contribution in [3.05, 3.63) is 126 Å². The molecule has 0 saturated carbocycles. The molecule has 4 heterocycles. The van der Waals surface area contributed by atoms with Gasteiger partial charge in [0.1, 0.15) is 0 Å². The summed E-state index contributed by atoms with van der Waals surface area (Å²) in [7, 11) is 0. The molecule has 2 N–H and O–H groups in total. The van der Waals surface area contributed by atoms with Gasteiger partial charge in [-0.15, -0.1) is 5.70 Å². The molecule has 0 bridgehead atoms. The molecule has 3 aromatic heterocycles. The smallest absolute Gasteiger partial charge is 0.662 e. The second-order valence-electron chi connectivity index (χ2n) is 6.96. The van der Waals surface area contributed by atoms with Gasteiger partial charge in [-0.25, -0.2) is 0 Å². The zero-order valence-corrected chi connectivity index (χ0v) is 19.0. The third-order valence-corrected chi connectivity index (χ3v) is 4.85. The van der Waals surface area contributed by atoms with E-state index in [-0.39, 0.29) is 17.1 Å². The van der Waals surface area contributed by atoms with Gasteiger partial charge in [0.2, 0.25) is 0 Å². The van der Waals surface area contributed by atoms with Gasteiger partial charge in [0.25, 0.3) is 0 Å². The summed E-state index contributed by atoms with van der Waals surface area (Å²) in [4.78, 5) is 13.0. The predicted molar refractivity (Wildman–Crippen MR) is 133 cm³/mol. The van der Waals surface area contributed by atoms with E-state index >= 15 is 0 Å². The summed E-state index contributed by atoms with van der Waals surface area (Å²) in [6.07, 6.45) is 9.62. The summed E-state index contributed by atoms with van der Waals surface area (Å²) in [5, 5.41) is 19.0.